The maximum absolute atomic E-state index is 11.8. The van der Waals surface area contributed by atoms with E-state index in [9.17, 15) is 9.59 Å². The number of methoxy groups -OCH3 is 1. The molecule has 0 aliphatic carbocycles. The molecular weight excluding hydrogens is 308 g/mol. The fourth-order valence-corrected chi connectivity index (χ4v) is 1.76. The Labute approximate surface area is 139 Å². The van der Waals surface area contributed by atoms with Crippen LogP contribution in [-0.4, -0.2) is 19.0 Å². The molecule has 0 saturated heterocycles. The molecule has 0 aliphatic rings. The van der Waals surface area contributed by atoms with Crippen LogP contribution in [0.5, 0.6) is 17.2 Å². The van der Waals surface area contributed by atoms with E-state index in [1.165, 1.54) is 6.08 Å². The van der Waals surface area contributed by atoms with Crippen LogP contribution < -0.4 is 14.2 Å². The quantitative estimate of drug-likeness (QED) is 0.463. The highest BCUT2D eigenvalue weighted by Crippen LogP contribution is 2.17. The average molecular weight is 324 g/mol. The standard InChI is InChI=1S/C19H16O5/c1-3-18(20)23-16-7-4-14(5-8-16)6-13-19(21)24-17-11-9-15(22-2)10-12-17/h3-13H,1H2,2H3/b13-6+. The molecule has 0 bridgehead atoms. The minimum Gasteiger partial charge on any atom is -0.497 e. The summed E-state index contributed by atoms with van der Waals surface area (Å²) in [6.45, 7) is 3.32. The van der Waals surface area contributed by atoms with Crippen LogP contribution in [0.4, 0.5) is 0 Å². The van der Waals surface area contributed by atoms with Gasteiger partial charge in [0.1, 0.15) is 17.2 Å². The Morgan fingerprint density at radius 2 is 1.33 bits per heavy atom. The van der Waals surface area contributed by atoms with E-state index in [4.69, 9.17) is 14.2 Å². The molecular formula is C19H16O5. The fourth-order valence-electron chi connectivity index (χ4n) is 1.76. The van der Waals surface area contributed by atoms with Crippen molar-refractivity contribution in [3.05, 3.63) is 72.8 Å². The van der Waals surface area contributed by atoms with Gasteiger partial charge in [-0.25, -0.2) is 9.59 Å². The Morgan fingerprint density at radius 1 is 0.833 bits per heavy atom. The smallest absolute Gasteiger partial charge is 0.336 e. The second-order valence-electron chi connectivity index (χ2n) is 4.62. The molecule has 2 rings (SSSR count). The van der Waals surface area contributed by atoms with E-state index < -0.39 is 11.9 Å². The molecule has 0 atom stereocenters. The molecule has 0 unspecified atom stereocenters. The zero-order valence-corrected chi connectivity index (χ0v) is 13.1. The van der Waals surface area contributed by atoms with Crippen LogP contribution in [-0.2, 0) is 9.59 Å². The van der Waals surface area contributed by atoms with Gasteiger partial charge in [0.15, 0.2) is 0 Å². The molecule has 0 aromatic heterocycles. The van der Waals surface area contributed by atoms with Gasteiger partial charge < -0.3 is 14.2 Å². The molecule has 0 heterocycles. The van der Waals surface area contributed by atoms with Crippen LogP contribution in [0.1, 0.15) is 5.56 Å². The number of ether oxygens (including phenoxy) is 3. The first-order valence-corrected chi connectivity index (χ1v) is 7.09. The predicted molar refractivity (Wildman–Crippen MR) is 89.9 cm³/mol. The lowest BCUT2D eigenvalue weighted by Crippen LogP contribution is -2.03. The minimum atomic E-state index is -0.527. The largest absolute Gasteiger partial charge is 0.497 e. The summed E-state index contributed by atoms with van der Waals surface area (Å²) in [5, 5.41) is 0. The van der Waals surface area contributed by atoms with Crippen molar-refractivity contribution in [1.82, 2.24) is 0 Å². The number of hydrogen-bond acceptors (Lipinski definition) is 5. The van der Waals surface area contributed by atoms with Gasteiger partial charge >= 0.3 is 11.9 Å². The average Bonchev–Trinajstić information content (AvgIpc) is 2.61. The highest BCUT2D eigenvalue weighted by atomic mass is 16.5. The maximum atomic E-state index is 11.8. The molecule has 2 aromatic carbocycles. The third-order valence-electron chi connectivity index (χ3n) is 2.95. The second kappa shape index (κ2) is 8.33. The van der Waals surface area contributed by atoms with Gasteiger partial charge in [-0.15, -0.1) is 0 Å². The van der Waals surface area contributed by atoms with Crippen molar-refractivity contribution in [3.63, 3.8) is 0 Å². The molecule has 0 radical (unpaired) electrons. The Morgan fingerprint density at radius 3 is 1.88 bits per heavy atom. The van der Waals surface area contributed by atoms with Crippen LogP contribution in [0, 0.1) is 0 Å². The van der Waals surface area contributed by atoms with Gasteiger partial charge in [0.25, 0.3) is 0 Å². The topological polar surface area (TPSA) is 61.8 Å². The summed E-state index contributed by atoms with van der Waals surface area (Å²) in [7, 11) is 1.56. The SMILES string of the molecule is C=CC(=O)Oc1ccc(/C=C/C(=O)Oc2ccc(OC)cc2)cc1. The van der Waals surface area contributed by atoms with Crippen LogP contribution in [0.3, 0.4) is 0 Å². The molecule has 5 heteroatoms. The molecule has 0 aliphatic heterocycles. The predicted octanol–water partition coefficient (Wildman–Crippen LogP) is 3.41. The van der Waals surface area contributed by atoms with Gasteiger partial charge in [-0.2, -0.15) is 0 Å². The minimum absolute atomic E-state index is 0.401. The molecule has 0 saturated carbocycles. The van der Waals surface area contributed by atoms with Crippen molar-refractivity contribution in [1.29, 1.82) is 0 Å². The zero-order valence-electron chi connectivity index (χ0n) is 13.1. The number of benzene rings is 2. The van der Waals surface area contributed by atoms with Crippen LogP contribution in [0.2, 0.25) is 0 Å². The lowest BCUT2D eigenvalue weighted by Gasteiger charge is -2.03. The van der Waals surface area contributed by atoms with E-state index in [1.807, 2.05) is 0 Å². The lowest BCUT2D eigenvalue weighted by atomic mass is 10.2. The zero-order chi connectivity index (χ0) is 17.4. The normalized spacial score (nSPS) is 10.2. The third-order valence-corrected chi connectivity index (χ3v) is 2.95. The number of rotatable bonds is 6. The highest BCUT2D eigenvalue weighted by molar-refractivity contribution is 5.88. The van der Waals surface area contributed by atoms with E-state index in [-0.39, 0.29) is 0 Å². The second-order valence-corrected chi connectivity index (χ2v) is 4.62. The Bertz CT molecular complexity index is 742. The number of carbonyl (C=O) groups is 2. The summed E-state index contributed by atoms with van der Waals surface area (Å²) in [6, 6.07) is 13.4. The van der Waals surface area contributed by atoms with Gasteiger partial charge in [-0.05, 0) is 48.0 Å². The van der Waals surface area contributed by atoms with E-state index in [0.29, 0.717) is 17.2 Å². The molecule has 0 fully saturated rings. The van der Waals surface area contributed by atoms with Crippen molar-refractivity contribution in [3.8, 4) is 17.2 Å². The summed E-state index contributed by atoms with van der Waals surface area (Å²) in [5.74, 6) is 0.487. The number of hydrogen-bond donors (Lipinski definition) is 0. The molecule has 0 spiro atoms. The molecule has 24 heavy (non-hydrogen) atoms. The van der Waals surface area contributed by atoms with E-state index in [2.05, 4.69) is 6.58 Å². The third kappa shape index (κ3) is 5.14. The first-order valence-electron chi connectivity index (χ1n) is 7.09. The molecule has 122 valence electrons. The summed E-state index contributed by atoms with van der Waals surface area (Å²) in [4.78, 5) is 22.8. The highest BCUT2D eigenvalue weighted by Gasteiger charge is 2.02. The molecule has 0 N–H and O–H groups in total. The molecule has 5 nitrogen and oxygen atoms in total. The number of esters is 2. The van der Waals surface area contributed by atoms with E-state index in [0.717, 1.165) is 11.6 Å². The Hall–Kier alpha value is -3.34. The first kappa shape index (κ1) is 17.0. The first-order chi connectivity index (χ1) is 11.6. The molecule has 2 aromatic rings. The fraction of sp³-hybridized carbons (Fsp3) is 0.0526. The summed E-state index contributed by atoms with van der Waals surface area (Å²) in [6.07, 6.45) is 4.00. The van der Waals surface area contributed by atoms with Crippen molar-refractivity contribution < 1.29 is 23.8 Å². The van der Waals surface area contributed by atoms with Gasteiger partial charge in [-0.1, -0.05) is 18.7 Å². The van der Waals surface area contributed by atoms with Crippen LogP contribution in [0.25, 0.3) is 6.08 Å². The Kier molecular flexibility index (Phi) is 5.91. The lowest BCUT2D eigenvalue weighted by molar-refractivity contribution is -0.129. The van der Waals surface area contributed by atoms with Crippen molar-refractivity contribution in [2.75, 3.05) is 7.11 Å². The van der Waals surface area contributed by atoms with Gasteiger partial charge in [-0.3, -0.25) is 0 Å². The van der Waals surface area contributed by atoms with Crippen LogP contribution >= 0.6 is 0 Å². The van der Waals surface area contributed by atoms with E-state index in [1.54, 1.807) is 61.7 Å². The maximum Gasteiger partial charge on any atom is 0.336 e. The monoisotopic (exact) mass is 324 g/mol. The van der Waals surface area contributed by atoms with Crippen molar-refractivity contribution in [2.45, 2.75) is 0 Å². The van der Waals surface area contributed by atoms with Crippen molar-refractivity contribution >= 4 is 18.0 Å². The summed E-state index contributed by atoms with van der Waals surface area (Å²) >= 11 is 0. The van der Waals surface area contributed by atoms with Gasteiger partial charge in [0, 0.05) is 12.2 Å². The van der Waals surface area contributed by atoms with Gasteiger partial charge in [0.2, 0.25) is 0 Å². The van der Waals surface area contributed by atoms with Crippen molar-refractivity contribution in [2.24, 2.45) is 0 Å². The molecule has 0 amide bonds. The summed E-state index contributed by atoms with van der Waals surface area (Å²) < 4.78 is 15.2. The van der Waals surface area contributed by atoms with E-state index >= 15 is 0 Å². The number of carbonyl (C=O) groups excluding carboxylic acids is 2. The van der Waals surface area contributed by atoms with Gasteiger partial charge in [0.05, 0.1) is 7.11 Å². The Balaban J connectivity index is 1.92. The van der Waals surface area contributed by atoms with Crippen LogP contribution in [0.15, 0.2) is 67.3 Å². The summed E-state index contributed by atoms with van der Waals surface area (Å²) in [5.41, 5.74) is 0.764.